The predicted molar refractivity (Wildman–Crippen MR) is 93.8 cm³/mol. The predicted octanol–water partition coefficient (Wildman–Crippen LogP) is 3.18. The topological polar surface area (TPSA) is 58.9 Å². The lowest BCUT2D eigenvalue weighted by Crippen LogP contribution is -2.52. The van der Waals surface area contributed by atoms with Crippen LogP contribution in [0.2, 0.25) is 0 Å². The van der Waals surface area contributed by atoms with Crippen LogP contribution in [0, 0.1) is 0 Å². The highest BCUT2D eigenvalue weighted by atomic mass is 35.5. The molecule has 1 amide bonds. The summed E-state index contributed by atoms with van der Waals surface area (Å²) < 4.78 is 39.7. The number of carbonyl (C=O) groups is 1. The van der Waals surface area contributed by atoms with Gasteiger partial charge in [0.2, 0.25) is 0 Å². The molecule has 142 valence electrons. The first kappa shape index (κ1) is 20.3. The Morgan fingerprint density at radius 3 is 2.81 bits per heavy atom. The van der Waals surface area contributed by atoms with E-state index in [4.69, 9.17) is 0 Å². The number of rotatable bonds is 3. The van der Waals surface area contributed by atoms with E-state index in [0.29, 0.717) is 0 Å². The van der Waals surface area contributed by atoms with Crippen LogP contribution >= 0.6 is 12.4 Å². The Bertz CT molecular complexity index is 762. The molecule has 0 spiro atoms. The Labute approximate surface area is 155 Å². The van der Waals surface area contributed by atoms with E-state index in [0.717, 1.165) is 31.5 Å². The number of carbonyl (C=O) groups excluding carboxylic acids is 1. The molecule has 0 bridgehead atoms. The van der Waals surface area contributed by atoms with Gasteiger partial charge in [0.05, 0.1) is 11.3 Å². The summed E-state index contributed by atoms with van der Waals surface area (Å²) >= 11 is 0. The summed E-state index contributed by atoms with van der Waals surface area (Å²) in [7, 11) is 0. The van der Waals surface area contributed by atoms with Gasteiger partial charge in [-0.15, -0.1) is 12.4 Å². The highest BCUT2D eigenvalue weighted by molar-refractivity contribution is 5.92. The van der Waals surface area contributed by atoms with Crippen LogP contribution in [0.4, 0.5) is 13.2 Å². The van der Waals surface area contributed by atoms with Gasteiger partial charge in [0, 0.05) is 18.3 Å². The lowest BCUT2D eigenvalue weighted by molar-refractivity contribution is -0.137. The highest BCUT2D eigenvalue weighted by Gasteiger charge is 2.30. The van der Waals surface area contributed by atoms with Crippen molar-refractivity contribution < 1.29 is 18.0 Å². The minimum absolute atomic E-state index is 0. The second-order valence-corrected chi connectivity index (χ2v) is 6.16. The Morgan fingerprint density at radius 2 is 2.12 bits per heavy atom. The number of piperidine rings is 1. The minimum Gasteiger partial charge on any atom is -0.346 e. The average Bonchev–Trinajstić information content (AvgIpc) is 3.06. The van der Waals surface area contributed by atoms with E-state index in [-0.39, 0.29) is 41.8 Å². The van der Waals surface area contributed by atoms with Crippen LogP contribution in [0.5, 0.6) is 0 Å². The molecule has 0 aliphatic carbocycles. The van der Waals surface area contributed by atoms with Crippen molar-refractivity contribution in [2.75, 3.05) is 6.54 Å². The van der Waals surface area contributed by atoms with E-state index in [9.17, 15) is 18.0 Å². The van der Waals surface area contributed by atoms with Gasteiger partial charge in [-0.3, -0.25) is 4.79 Å². The summed E-state index contributed by atoms with van der Waals surface area (Å²) in [5.41, 5.74) is -0.328. The smallest absolute Gasteiger partial charge is 0.346 e. The third kappa shape index (κ3) is 4.56. The van der Waals surface area contributed by atoms with Gasteiger partial charge in [-0.2, -0.15) is 18.3 Å². The Kier molecular flexibility index (Phi) is 6.30. The molecular weight excluding hydrogens is 369 g/mol. The molecule has 1 saturated heterocycles. The lowest BCUT2D eigenvalue weighted by Gasteiger charge is -2.30. The number of hydrogen-bond acceptors (Lipinski definition) is 3. The van der Waals surface area contributed by atoms with Crippen LogP contribution < -0.4 is 10.6 Å². The van der Waals surface area contributed by atoms with Crippen molar-refractivity contribution in [2.45, 2.75) is 38.0 Å². The third-order valence-corrected chi connectivity index (χ3v) is 4.34. The van der Waals surface area contributed by atoms with Gasteiger partial charge in [-0.25, -0.2) is 4.68 Å². The SMILES string of the molecule is CC1NCCCC1NC(=O)c1ccn(-c2cccc(C(F)(F)F)c2)n1.Cl. The van der Waals surface area contributed by atoms with E-state index in [1.165, 1.54) is 29.1 Å². The number of nitrogens with zero attached hydrogens (tertiary/aromatic N) is 2. The number of amides is 1. The monoisotopic (exact) mass is 388 g/mol. The zero-order chi connectivity index (χ0) is 18.0. The third-order valence-electron chi connectivity index (χ3n) is 4.34. The van der Waals surface area contributed by atoms with Gasteiger partial charge < -0.3 is 10.6 Å². The molecule has 2 unspecified atom stereocenters. The second kappa shape index (κ2) is 8.09. The molecule has 1 fully saturated rings. The van der Waals surface area contributed by atoms with Crippen molar-refractivity contribution in [3.63, 3.8) is 0 Å². The molecule has 1 aliphatic rings. The largest absolute Gasteiger partial charge is 0.416 e. The van der Waals surface area contributed by atoms with E-state index in [1.54, 1.807) is 0 Å². The van der Waals surface area contributed by atoms with Crippen molar-refractivity contribution in [2.24, 2.45) is 0 Å². The summed E-state index contributed by atoms with van der Waals surface area (Å²) in [5, 5.41) is 10.3. The van der Waals surface area contributed by atoms with E-state index >= 15 is 0 Å². The fourth-order valence-electron chi connectivity index (χ4n) is 2.90. The Hall–Kier alpha value is -2.06. The summed E-state index contributed by atoms with van der Waals surface area (Å²) in [6.07, 6.45) is -1.08. The number of halogens is 4. The van der Waals surface area contributed by atoms with E-state index < -0.39 is 11.7 Å². The fraction of sp³-hybridized carbons (Fsp3) is 0.412. The van der Waals surface area contributed by atoms with Crippen LogP contribution in [-0.2, 0) is 6.18 Å². The molecule has 2 aromatic rings. The summed E-state index contributed by atoms with van der Waals surface area (Å²) in [6.45, 7) is 2.93. The fourth-order valence-corrected chi connectivity index (χ4v) is 2.90. The molecule has 1 aromatic heterocycles. The van der Waals surface area contributed by atoms with Gasteiger partial charge in [-0.05, 0) is 50.6 Å². The zero-order valence-corrected chi connectivity index (χ0v) is 14.9. The summed E-state index contributed by atoms with van der Waals surface area (Å²) in [4.78, 5) is 12.3. The molecule has 2 atom stereocenters. The lowest BCUT2D eigenvalue weighted by atomic mass is 10.00. The van der Waals surface area contributed by atoms with Crippen molar-refractivity contribution in [1.29, 1.82) is 0 Å². The highest BCUT2D eigenvalue weighted by Crippen LogP contribution is 2.30. The maximum Gasteiger partial charge on any atom is 0.416 e. The number of aromatic nitrogens is 2. The molecular formula is C17H20ClF3N4O. The maximum absolute atomic E-state index is 12.8. The first-order chi connectivity index (χ1) is 11.8. The second-order valence-electron chi connectivity index (χ2n) is 6.16. The summed E-state index contributed by atoms with van der Waals surface area (Å²) in [5.74, 6) is -0.328. The summed E-state index contributed by atoms with van der Waals surface area (Å²) in [6, 6.07) is 6.51. The molecule has 1 aromatic carbocycles. The van der Waals surface area contributed by atoms with Gasteiger partial charge in [0.25, 0.3) is 5.91 Å². The van der Waals surface area contributed by atoms with Gasteiger partial charge in [0.15, 0.2) is 5.69 Å². The molecule has 9 heteroatoms. The maximum atomic E-state index is 12.8. The van der Waals surface area contributed by atoms with E-state index in [2.05, 4.69) is 15.7 Å². The van der Waals surface area contributed by atoms with E-state index in [1.807, 2.05) is 6.92 Å². The van der Waals surface area contributed by atoms with Crippen LogP contribution in [-0.4, -0.2) is 34.3 Å². The quantitative estimate of drug-likeness (QED) is 0.849. The van der Waals surface area contributed by atoms with Crippen LogP contribution in [0.15, 0.2) is 36.5 Å². The molecule has 5 nitrogen and oxygen atoms in total. The van der Waals surface area contributed by atoms with Crippen molar-refractivity contribution in [3.05, 3.63) is 47.8 Å². The first-order valence-electron chi connectivity index (χ1n) is 8.12. The van der Waals surface area contributed by atoms with Crippen molar-refractivity contribution in [3.8, 4) is 5.69 Å². The molecule has 0 radical (unpaired) electrons. The molecule has 2 N–H and O–H groups in total. The zero-order valence-electron chi connectivity index (χ0n) is 14.1. The standard InChI is InChI=1S/C17H19F3N4O.ClH/c1-11-14(6-3-8-21-11)22-16(25)15-7-9-24(23-15)13-5-2-4-12(10-13)17(18,19)20;/h2,4-5,7,9-11,14,21H,3,6,8H2,1H3,(H,22,25);1H. The minimum atomic E-state index is -4.42. The molecule has 26 heavy (non-hydrogen) atoms. The Morgan fingerprint density at radius 1 is 1.35 bits per heavy atom. The first-order valence-corrected chi connectivity index (χ1v) is 8.12. The molecule has 0 saturated carbocycles. The number of benzene rings is 1. The number of alkyl halides is 3. The molecule has 3 rings (SSSR count). The number of nitrogens with one attached hydrogen (secondary N) is 2. The van der Waals surface area contributed by atoms with Gasteiger partial charge in [0.1, 0.15) is 0 Å². The molecule has 1 aliphatic heterocycles. The van der Waals surface area contributed by atoms with Gasteiger partial charge >= 0.3 is 6.18 Å². The van der Waals surface area contributed by atoms with Crippen LogP contribution in [0.3, 0.4) is 0 Å². The number of hydrogen-bond donors (Lipinski definition) is 2. The Balaban J connectivity index is 0.00000243. The van der Waals surface area contributed by atoms with Crippen molar-refractivity contribution >= 4 is 18.3 Å². The normalized spacial score (nSPS) is 20.3. The van der Waals surface area contributed by atoms with Crippen LogP contribution in [0.25, 0.3) is 5.69 Å². The van der Waals surface area contributed by atoms with Gasteiger partial charge in [-0.1, -0.05) is 6.07 Å². The van der Waals surface area contributed by atoms with Crippen LogP contribution in [0.1, 0.15) is 35.8 Å². The molecule has 2 heterocycles. The average molecular weight is 389 g/mol. The van der Waals surface area contributed by atoms with Crippen molar-refractivity contribution in [1.82, 2.24) is 20.4 Å².